The van der Waals surface area contributed by atoms with Crippen LogP contribution in [0.5, 0.6) is 5.75 Å². The summed E-state index contributed by atoms with van der Waals surface area (Å²) in [7, 11) is 0. The summed E-state index contributed by atoms with van der Waals surface area (Å²) >= 11 is 13.3. The fraction of sp³-hybridized carbons (Fsp3) is 0.118. The number of thiazole rings is 1. The lowest BCUT2D eigenvalue weighted by molar-refractivity contribution is -0.123. The standard InChI is InChI=1S/C17H13Cl2N3O2S/c18-11-4-5-15(13(19)7-11)24-9-16(23)21-8-12-10-25-17(22-12)14-3-1-2-6-20-14/h1-7,10H,8-9H2,(H,21,23). The number of carbonyl (C=O) groups is 1. The molecular weight excluding hydrogens is 381 g/mol. The first kappa shape index (κ1) is 17.7. The van der Waals surface area contributed by atoms with Crippen molar-refractivity contribution in [1.29, 1.82) is 0 Å². The third kappa shape index (κ3) is 4.92. The highest BCUT2D eigenvalue weighted by molar-refractivity contribution is 7.13. The maximum absolute atomic E-state index is 11.9. The Bertz CT molecular complexity index is 871. The van der Waals surface area contributed by atoms with E-state index in [1.807, 2.05) is 23.6 Å². The van der Waals surface area contributed by atoms with Gasteiger partial charge in [0, 0.05) is 16.6 Å². The molecule has 0 unspecified atom stereocenters. The smallest absolute Gasteiger partial charge is 0.258 e. The number of hydrogen-bond acceptors (Lipinski definition) is 5. The zero-order chi connectivity index (χ0) is 17.6. The van der Waals surface area contributed by atoms with Gasteiger partial charge in [-0.2, -0.15) is 0 Å². The topological polar surface area (TPSA) is 64.1 Å². The van der Waals surface area contributed by atoms with Gasteiger partial charge in [0.2, 0.25) is 0 Å². The number of aromatic nitrogens is 2. The van der Waals surface area contributed by atoms with Crippen molar-refractivity contribution in [3.8, 4) is 16.5 Å². The Hall–Kier alpha value is -2.15. The van der Waals surface area contributed by atoms with Crippen LogP contribution in [0.15, 0.2) is 48.0 Å². The second-order valence-electron chi connectivity index (χ2n) is 5.00. The zero-order valence-electron chi connectivity index (χ0n) is 12.9. The lowest BCUT2D eigenvalue weighted by Gasteiger charge is -2.08. The van der Waals surface area contributed by atoms with Gasteiger partial charge in [-0.25, -0.2) is 4.98 Å². The molecular formula is C17H13Cl2N3O2S. The van der Waals surface area contributed by atoms with E-state index in [1.54, 1.807) is 24.4 Å². The average Bonchev–Trinajstić information content (AvgIpc) is 3.09. The lowest BCUT2D eigenvalue weighted by Crippen LogP contribution is -2.28. The number of nitrogens with one attached hydrogen (secondary N) is 1. The molecule has 8 heteroatoms. The summed E-state index contributed by atoms with van der Waals surface area (Å²) < 4.78 is 5.39. The second-order valence-corrected chi connectivity index (χ2v) is 6.70. The van der Waals surface area contributed by atoms with E-state index in [4.69, 9.17) is 27.9 Å². The van der Waals surface area contributed by atoms with Crippen molar-refractivity contribution in [2.75, 3.05) is 6.61 Å². The summed E-state index contributed by atoms with van der Waals surface area (Å²) in [6.07, 6.45) is 1.72. The SMILES string of the molecule is O=C(COc1ccc(Cl)cc1Cl)NCc1csc(-c2ccccn2)n1. The van der Waals surface area contributed by atoms with Crippen molar-refractivity contribution in [1.82, 2.24) is 15.3 Å². The maximum atomic E-state index is 11.9. The zero-order valence-corrected chi connectivity index (χ0v) is 15.2. The number of carbonyl (C=O) groups excluding carboxylic acids is 1. The molecule has 1 aromatic carbocycles. The third-order valence-electron chi connectivity index (χ3n) is 3.16. The van der Waals surface area contributed by atoms with Crippen molar-refractivity contribution in [3.05, 3.63) is 63.7 Å². The van der Waals surface area contributed by atoms with Crippen molar-refractivity contribution in [2.24, 2.45) is 0 Å². The van der Waals surface area contributed by atoms with Crippen LogP contribution in [0.2, 0.25) is 10.0 Å². The van der Waals surface area contributed by atoms with Crippen LogP contribution in [0.4, 0.5) is 0 Å². The third-order valence-corrected chi connectivity index (χ3v) is 4.60. The number of halogens is 2. The highest BCUT2D eigenvalue weighted by Crippen LogP contribution is 2.27. The quantitative estimate of drug-likeness (QED) is 0.681. The normalized spacial score (nSPS) is 10.5. The van der Waals surface area contributed by atoms with E-state index < -0.39 is 0 Å². The van der Waals surface area contributed by atoms with Gasteiger partial charge in [-0.15, -0.1) is 11.3 Å². The highest BCUT2D eigenvalue weighted by atomic mass is 35.5. The summed E-state index contributed by atoms with van der Waals surface area (Å²) in [5.74, 6) is 0.144. The van der Waals surface area contributed by atoms with E-state index in [1.165, 1.54) is 11.3 Å². The molecule has 0 spiro atoms. The molecule has 2 heterocycles. The van der Waals surface area contributed by atoms with Gasteiger partial charge in [-0.1, -0.05) is 29.3 Å². The Morgan fingerprint density at radius 3 is 2.88 bits per heavy atom. The van der Waals surface area contributed by atoms with Gasteiger partial charge in [-0.05, 0) is 30.3 Å². The summed E-state index contributed by atoms with van der Waals surface area (Å²) in [4.78, 5) is 20.6. The molecule has 0 saturated heterocycles. The largest absolute Gasteiger partial charge is 0.482 e. The number of hydrogen-bond donors (Lipinski definition) is 1. The van der Waals surface area contributed by atoms with E-state index in [-0.39, 0.29) is 12.5 Å². The molecule has 0 radical (unpaired) electrons. The molecule has 0 saturated carbocycles. The lowest BCUT2D eigenvalue weighted by atomic mass is 10.3. The number of ether oxygens (including phenoxy) is 1. The van der Waals surface area contributed by atoms with Gasteiger partial charge < -0.3 is 10.1 Å². The van der Waals surface area contributed by atoms with Gasteiger partial charge in [0.25, 0.3) is 5.91 Å². The first-order chi connectivity index (χ1) is 12.1. The van der Waals surface area contributed by atoms with Crippen molar-refractivity contribution in [2.45, 2.75) is 6.54 Å². The van der Waals surface area contributed by atoms with Crippen LogP contribution in [0.1, 0.15) is 5.69 Å². The molecule has 5 nitrogen and oxygen atoms in total. The Morgan fingerprint density at radius 1 is 1.24 bits per heavy atom. The Balaban J connectivity index is 1.50. The predicted octanol–water partition coefficient (Wildman–Crippen LogP) is 4.21. The fourth-order valence-corrected chi connectivity index (χ4v) is 3.23. The second kappa shape index (κ2) is 8.29. The Morgan fingerprint density at radius 2 is 2.12 bits per heavy atom. The predicted molar refractivity (Wildman–Crippen MR) is 99.1 cm³/mol. The summed E-state index contributed by atoms with van der Waals surface area (Å²) in [6.45, 7) is 0.179. The highest BCUT2D eigenvalue weighted by Gasteiger charge is 2.09. The minimum absolute atomic E-state index is 0.140. The summed E-state index contributed by atoms with van der Waals surface area (Å²) in [6, 6.07) is 10.5. The first-order valence-electron chi connectivity index (χ1n) is 7.32. The number of amides is 1. The monoisotopic (exact) mass is 393 g/mol. The van der Waals surface area contributed by atoms with Crippen LogP contribution in [-0.2, 0) is 11.3 Å². The van der Waals surface area contributed by atoms with Crippen LogP contribution in [-0.4, -0.2) is 22.5 Å². The van der Waals surface area contributed by atoms with Crippen LogP contribution in [0.25, 0.3) is 10.7 Å². The van der Waals surface area contributed by atoms with E-state index in [9.17, 15) is 4.79 Å². The number of nitrogens with zero attached hydrogens (tertiary/aromatic N) is 2. The Kier molecular flexibility index (Phi) is 5.86. The van der Waals surface area contributed by atoms with Crippen LogP contribution >= 0.6 is 34.5 Å². The van der Waals surface area contributed by atoms with E-state index in [0.717, 1.165) is 16.4 Å². The molecule has 128 valence electrons. The average molecular weight is 394 g/mol. The number of rotatable bonds is 6. The molecule has 0 aliphatic heterocycles. The minimum Gasteiger partial charge on any atom is -0.482 e. The van der Waals surface area contributed by atoms with Crippen molar-refractivity contribution < 1.29 is 9.53 Å². The molecule has 1 N–H and O–H groups in total. The molecule has 0 aliphatic rings. The molecule has 3 rings (SSSR count). The number of pyridine rings is 1. The van der Waals surface area contributed by atoms with Crippen LogP contribution < -0.4 is 10.1 Å². The van der Waals surface area contributed by atoms with E-state index in [0.29, 0.717) is 22.3 Å². The molecule has 2 aromatic heterocycles. The molecule has 0 aliphatic carbocycles. The van der Waals surface area contributed by atoms with Crippen LogP contribution in [0.3, 0.4) is 0 Å². The van der Waals surface area contributed by atoms with Gasteiger partial charge >= 0.3 is 0 Å². The molecule has 0 bridgehead atoms. The van der Waals surface area contributed by atoms with E-state index in [2.05, 4.69) is 15.3 Å². The Labute approximate surface area is 158 Å². The maximum Gasteiger partial charge on any atom is 0.258 e. The van der Waals surface area contributed by atoms with Crippen molar-refractivity contribution >= 4 is 40.4 Å². The number of benzene rings is 1. The van der Waals surface area contributed by atoms with Gasteiger partial charge in [-0.3, -0.25) is 9.78 Å². The van der Waals surface area contributed by atoms with Gasteiger partial charge in [0.1, 0.15) is 10.8 Å². The summed E-state index contributed by atoms with van der Waals surface area (Å²) in [5, 5.41) is 6.33. The molecule has 1 amide bonds. The summed E-state index contributed by atoms with van der Waals surface area (Å²) in [5.41, 5.74) is 1.58. The van der Waals surface area contributed by atoms with Gasteiger partial charge in [0.15, 0.2) is 6.61 Å². The molecule has 0 atom stereocenters. The molecule has 0 fully saturated rings. The van der Waals surface area contributed by atoms with Crippen molar-refractivity contribution in [3.63, 3.8) is 0 Å². The van der Waals surface area contributed by atoms with Crippen LogP contribution in [0, 0.1) is 0 Å². The molecule has 25 heavy (non-hydrogen) atoms. The van der Waals surface area contributed by atoms with E-state index >= 15 is 0 Å². The fourth-order valence-electron chi connectivity index (χ4n) is 1.97. The first-order valence-corrected chi connectivity index (χ1v) is 8.96. The minimum atomic E-state index is -0.265. The molecule has 3 aromatic rings. The van der Waals surface area contributed by atoms with Gasteiger partial charge in [0.05, 0.1) is 23.0 Å².